The van der Waals surface area contributed by atoms with Crippen LogP contribution in [0, 0.1) is 22.7 Å². The van der Waals surface area contributed by atoms with E-state index < -0.39 is 0 Å². The molecule has 0 aliphatic rings. The Bertz CT molecular complexity index is 3240. The van der Waals surface area contributed by atoms with Crippen molar-refractivity contribution in [3.63, 3.8) is 0 Å². The van der Waals surface area contributed by atoms with Gasteiger partial charge in [-0.05, 0) is 102 Å². The predicted octanol–water partition coefficient (Wildman–Crippen LogP) is 13.2. The maximum absolute atomic E-state index is 9.51. The average Bonchev–Trinajstić information content (AvgIpc) is 3.28. The largest absolute Gasteiger partial charge is 0.228 e. The van der Waals surface area contributed by atoms with E-state index >= 15 is 0 Å². The number of benzene rings is 9. The minimum atomic E-state index is 0.469. The Kier molecular flexibility index (Phi) is 7.88. The van der Waals surface area contributed by atoms with Gasteiger partial charge < -0.3 is 0 Å². The number of nitriles is 2. The summed E-state index contributed by atoms with van der Waals surface area (Å²) in [5, 5.41) is 27.1. The minimum Gasteiger partial charge on any atom is -0.228 e. The fraction of sp³-hybridized carbons (Fsp3) is 0. The van der Waals surface area contributed by atoms with Crippen LogP contribution >= 0.6 is 0 Å². The summed E-state index contributed by atoms with van der Waals surface area (Å²) < 4.78 is 0. The van der Waals surface area contributed by atoms with Crippen LogP contribution in [0.4, 0.5) is 0 Å². The van der Waals surface area contributed by atoms with E-state index in [1.165, 1.54) is 27.1 Å². The molecular weight excluding hydrogens is 681 g/mol. The highest BCUT2D eigenvalue weighted by Crippen LogP contribution is 2.40. The van der Waals surface area contributed by atoms with Gasteiger partial charge in [-0.3, -0.25) is 0 Å². The average molecular weight is 711 g/mol. The standard InChI is InChI=1S/C52H30N4/c53-31-33-26-34(32-54)28-40(27-33)35-20-22-36(23-21-35)42-24-25-47(45-16-5-3-15-44(42)45)51-48-18-7-8-19-50(48)55-52(56-51)39-12-9-11-37(29-39)49-30-38-10-1-2-13-41(38)43-14-4-6-17-46(43)49/h1-30H. The van der Waals surface area contributed by atoms with Crippen molar-refractivity contribution in [1.82, 2.24) is 9.97 Å². The zero-order valence-corrected chi connectivity index (χ0v) is 30.1. The summed E-state index contributed by atoms with van der Waals surface area (Å²) >= 11 is 0. The maximum atomic E-state index is 9.51. The molecule has 0 aliphatic carbocycles. The summed E-state index contributed by atoms with van der Waals surface area (Å²) in [5.41, 5.74) is 11.0. The van der Waals surface area contributed by atoms with Crippen LogP contribution < -0.4 is 0 Å². The summed E-state index contributed by atoms with van der Waals surface area (Å²) in [6.45, 7) is 0. The van der Waals surface area contributed by atoms with Crippen molar-refractivity contribution >= 4 is 43.2 Å². The Morgan fingerprint density at radius 3 is 1.64 bits per heavy atom. The van der Waals surface area contributed by atoms with Crippen LogP contribution in [0.2, 0.25) is 0 Å². The zero-order chi connectivity index (χ0) is 37.6. The van der Waals surface area contributed by atoms with E-state index in [1.54, 1.807) is 6.07 Å². The summed E-state index contributed by atoms with van der Waals surface area (Å²) in [6, 6.07) is 67.1. The van der Waals surface area contributed by atoms with Crippen molar-refractivity contribution in [2.24, 2.45) is 0 Å². The Labute approximate surface area is 323 Å². The van der Waals surface area contributed by atoms with Gasteiger partial charge in [0.05, 0.1) is 34.5 Å². The van der Waals surface area contributed by atoms with Gasteiger partial charge in [0.1, 0.15) is 0 Å². The van der Waals surface area contributed by atoms with E-state index in [1.807, 2.05) is 24.3 Å². The number of nitrogens with zero attached hydrogens (tertiary/aromatic N) is 4. The van der Waals surface area contributed by atoms with Crippen LogP contribution in [0.1, 0.15) is 11.1 Å². The molecule has 10 aromatic rings. The predicted molar refractivity (Wildman–Crippen MR) is 229 cm³/mol. The lowest BCUT2D eigenvalue weighted by Crippen LogP contribution is -1.96. The number of para-hydroxylation sites is 1. The van der Waals surface area contributed by atoms with Crippen molar-refractivity contribution in [3.8, 4) is 68.2 Å². The molecule has 0 amide bonds. The van der Waals surface area contributed by atoms with E-state index in [4.69, 9.17) is 9.97 Å². The van der Waals surface area contributed by atoms with Gasteiger partial charge in [0.2, 0.25) is 0 Å². The Morgan fingerprint density at radius 1 is 0.339 bits per heavy atom. The summed E-state index contributed by atoms with van der Waals surface area (Å²) in [7, 11) is 0. The second-order valence-electron chi connectivity index (χ2n) is 14.0. The van der Waals surface area contributed by atoms with Crippen molar-refractivity contribution in [1.29, 1.82) is 10.5 Å². The molecule has 10 rings (SSSR count). The molecule has 0 radical (unpaired) electrons. The third-order valence-electron chi connectivity index (χ3n) is 10.7. The summed E-state index contributed by atoms with van der Waals surface area (Å²) in [6.07, 6.45) is 0. The number of hydrogen-bond acceptors (Lipinski definition) is 4. The van der Waals surface area contributed by atoms with Crippen molar-refractivity contribution in [2.45, 2.75) is 0 Å². The SMILES string of the molecule is N#Cc1cc(C#N)cc(-c2ccc(-c3ccc(-c4nc(-c5cccc(-c6cc7ccccc7c7ccccc67)c5)nc5ccccc45)c4ccccc34)cc2)c1. The first-order valence-corrected chi connectivity index (χ1v) is 18.5. The lowest BCUT2D eigenvalue weighted by atomic mass is 9.91. The van der Waals surface area contributed by atoms with Gasteiger partial charge in [-0.15, -0.1) is 0 Å². The molecule has 0 unspecified atom stereocenters. The van der Waals surface area contributed by atoms with Gasteiger partial charge in [0, 0.05) is 16.5 Å². The molecule has 0 atom stereocenters. The van der Waals surface area contributed by atoms with Crippen LogP contribution in [0.3, 0.4) is 0 Å². The lowest BCUT2D eigenvalue weighted by molar-refractivity contribution is 1.23. The topological polar surface area (TPSA) is 73.4 Å². The molecule has 258 valence electrons. The van der Waals surface area contributed by atoms with E-state index in [-0.39, 0.29) is 0 Å². The Balaban J connectivity index is 1.09. The fourth-order valence-corrected chi connectivity index (χ4v) is 8.05. The van der Waals surface area contributed by atoms with Gasteiger partial charge in [-0.25, -0.2) is 9.97 Å². The lowest BCUT2D eigenvalue weighted by Gasteiger charge is -2.15. The molecule has 0 fully saturated rings. The third kappa shape index (κ3) is 5.62. The second kappa shape index (κ2) is 13.5. The highest BCUT2D eigenvalue weighted by Gasteiger charge is 2.17. The van der Waals surface area contributed by atoms with Crippen molar-refractivity contribution < 1.29 is 0 Å². The highest BCUT2D eigenvalue weighted by atomic mass is 14.9. The Morgan fingerprint density at radius 2 is 0.911 bits per heavy atom. The zero-order valence-electron chi connectivity index (χ0n) is 30.1. The van der Waals surface area contributed by atoms with Crippen LogP contribution in [0.25, 0.3) is 99.2 Å². The fourth-order valence-electron chi connectivity index (χ4n) is 8.05. The molecule has 56 heavy (non-hydrogen) atoms. The molecule has 9 aromatic carbocycles. The van der Waals surface area contributed by atoms with Gasteiger partial charge in [0.25, 0.3) is 0 Å². The first-order chi connectivity index (χ1) is 27.6. The summed E-state index contributed by atoms with van der Waals surface area (Å²) in [5.74, 6) is 0.675. The van der Waals surface area contributed by atoms with Gasteiger partial charge in [-0.1, -0.05) is 146 Å². The van der Waals surface area contributed by atoms with Crippen LogP contribution in [-0.2, 0) is 0 Å². The van der Waals surface area contributed by atoms with Crippen molar-refractivity contribution in [3.05, 3.63) is 193 Å². The molecule has 0 bridgehead atoms. The van der Waals surface area contributed by atoms with E-state index in [0.717, 1.165) is 66.3 Å². The Hall–Kier alpha value is -7.92. The maximum Gasteiger partial charge on any atom is 0.160 e. The van der Waals surface area contributed by atoms with Crippen molar-refractivity contribution in [2.75, 3.05) is 0 Å². The van der Waals surface area contributed by atoms with Gasteiger partial charge in [-0.2, -0.15) is 10.5 Å². The first kappa shape index (κ1) is 32.7. The molecule has 4 heteroatoms. The molecule has 1 aromatic heterocycles. The first-order valence-electron chi connectivity index (χ1n) is 18.5. The molecule has 4 nitrogen and oxygen atoms in total. The number of rotatable bonds is 5. The van der Waals surface area contributed by atoms with Crippen LogP contribution in [-0.4, -0.2) is 9.97 Å². The minimum absolute atomic E-state index is 0.469. The second-order valence-corrected chi connectivity index (χ2v) is 14.0. The number of aromatic nitrogens is 2. The molecule has 0 spiro atoms. The normalized spacial score (nSPS) is 11.2. The number of fused-ring (bicyclic) bond motifs is 5. The molecular formula is C52H30N4. The van der Waals surface area contributed by atoms with E-state index in [2.05, 4.69) is 164 Å². The summed E-state index contributed by atoms with van der Waals surface area (Å²) in [4.78, 5) is 10.5. The molecule has 0 aliphatic heterocycles. The van der Waals surface area contributed by atoms with E-state index in [0.29, 0.717) is 17.0 Å². The molecule has 1 heterocycles. The van der Waals surface area contributed by atoms with Gasteiger partial charge in [0.15, 0.2) is 5.82 Å². The third-order valence-corrected chi connectivity index (χ3v) is 10.7. The van der Waals surface area contributed by atoms with Crippen LogP contribution in [0.5, 0.6) is 0 Å². The molecule has 0 saturated heterocycles. The molecule has 0 saturated carbocycles. The van der Waals surface area contributed by atoms with E-state index in [9.17, 15) is 10.5 Å². The smallest absolute Gasteiger partial charge is 0.160 e. The quantitative estimate of drug-likeness (QED) is 0.167. The van der Waals surface area contributed by atoms with Crippen LogP contribution in [0.15, 0.2) is 182 Å². The number of hydrogen-bond donors (Lipinski definition) is 0. The molecule has 0 N–H and O–H groups in total. The monoisotopic (exact) mass is 710 g/mol. The highest BCUT2D eigenvalue weighted by molar-refractivity contribution is 6.14. The van der Waals surface area contributed by atoms with Gasteiger partial charge >= 0.3 is 0 Å².